The van der Waals surface area contributed by atoms with Gasteiger partial charge in [0.1, 0.15) is 11.5 Å². The molecule has 1 atom stereocenters. The van der Waals surface area contributed by atoms with Crippen molar-refractivity contribution in [1.82, 2.24) is 9.80 Å². The molecule has 3 rings (SSSR count). The smallest absolute Gasteiger partial charge is 0.295 e. The number of hydrogen-bond acceptors (Lipinski definition) is 8. The summed E-state index contributed by atoms with van der Waals surface area (Å²) in [6.45, 7) is 9.08. The number of benzene rings is 2. The van der Waals surface area contributed by atoms with Crippen LogP contribution < -0.4 is 18.9 Å². The van der Waals surface area contributed by atoms with Gasteiger partial charge in [-0.3, -0.25) is 9.59 Å². The quantitative estimate of drug-likeness (QED) is 0.235. The number of amides is 1. The second kappa shape index (κ2) is 13.2. The molecule has 9 nitrogen and oxygen atoms in total. The number of aliphatic hydroxyl groups is 1. The number of ketones is 1. The maximum atomic E-state index is 13.4. The summed E-state index contributed by atoms with van der Waals surface area (Å²) in [6, 6.07) is 9.42. The third kappa shape index (κ3) is 5.88. The van der Waals surface area contributed by atoms with Crippen LogP contribution in [-0.4, -0.2) is 80.7 Å². The number of aliphatic hydroxyl groups excluding tert-OH is 1. The molecule has 0 radical (unpaired) electrons. The molecule has 2 aromatic rings. The molecule has 1 aliphatic heterocycles. The van der Waals surface area contributed by atoms with Gasteiger partial charge < -0.3 is 33.9 Å². The summed E-state index contributed by atoms with van der Waals surface area (Å²) < 4.78 is 22.3. The van der Waals surface area contributed by atoms with Gasteiger partial charge in [0.2, 0.25) is 5.75 Å². The fraction of sp³-hybridized carbons (Fsp3) is 0.448. The molecule has 1 heterocycles. The van der Waals surface area contributed by atoms with Crippen molar-refractivity contribution in [3.05, 3.63) is 53.1 Å². The van der Waals surface area contributed by atoms with Gasteiger partial charge in [-0.1, -0.05) is 32.9 Å². The first kappa shape index (κ1) is 28.8. The van der Waals surface area contributed by atoms with Crippen LogP contribution in [0.25, 0.3) is 5.76 Å². The number of likely N-dealkylation sites (N-methyl/N-ethyl adjacent to an activating group) is 1. The van der Waals surface area contributed by atoms with Crippen molar-refractivity contribution in [2.75, 3.05) is 54.1 Å². The van der Waals surface area contributed by atoms with Crippen LogP contribution in [-0.2, 0) is 9.59 Å². The molecule has 206 valence electrons. The van der Waals surface area contributed by atoms with E-state index in [9.17, 15) is 14.7 Å². The third-order valence-corrected chi connectivity index (χ3v) is 6.67. The van der Waals surface area contributed by atoms with Crippen LogP contribution in [0.2, 0.25) is 0 Å². The van der Waals surface area contributed by atoms with Crippen LogP contribution in [0.15, 0.2) is 42.0 Å². The largest absolute Gasteiger partial charge is 0.507 e. The molecule has 0 aliphatic carbocycles. The number of carbonyl (C=O) groups excluding carboxylic acids is 2. The van der Waals surface area contributed by atoms with E-state index < -0.39 is 17.7 Å². The fourth-order valence-electron chi connectivity index (χ4n) is 4.61. The van der Waals surface area contributed by atoms with Crippen LogP contribution in [0.3, 0.4) is 0 Å². The van der Waals surface area contributed by atoms with Crippen LogP contribution in [0.1, 0.15) is 44.4 Å². The lowest BCUT2D eigenvalue weighted by Gasteiger charge is -2.29. The summed E-state index contributed by atoms with van der Waals surface area (Å²) in [4.78, 5) is 30.5. The number of ether oxygens (including phenoxy) is 4. The molecular weight excluding hydrogens is 488 g/mol. The van der Waals surface area contributed by atoms with E-state index in [1.807, 2.05) is 20.8 Å². The number of nitrogens with zero attached hydrogens (tertiary/aromatic N) is 2. The molecule has 0 aromatic heterocycles. The van der Waals surface area contributed by atoms with E-state index in [1.165, 1.54) is 26.2 Å². The molecule has 9 heteroatoms. The molecule has 1 amide bonds. The first-order valence-corrected chi connectivity index (χ1v) is 12.9. The van der Waals surface area contributed by atoms with Crippen LogP contribution in [0.4, 0.5) is 0 Å². The highest BCUT2D eigenvalue weighted by Crippen LogP contribution is 2.45. The van der Waals surface area contributed by atoms with Crippen LogP contribution in [0, 0.1) is 0 Å². The summed E-state index contributed by atoms with van der Waals surface area (Å²) >= 11 is 0. The van der Waals surface area contributed by atoms with E-state index in [4.69, 9.17) is 18.9 Å². The Balaban J connectivity index is 2.20. The number of carbonyl (C=O) groups is 2. The maximum Gasteiger partial charge on any atom is 0.295 e. The lowest BCUT2D eigenvalue weighted by molar-refractivity contribution is -0.140. The minimum atomic E-state index is -0.862. The van der Waals surface area contributed by atoms with Crippen molar-refractivity contribution in [3.63, 3.8) is 0 Å². The zero-order valence-electron chi connectivity index (χ0n) is 23.1. The highest BCUT2D eigenvalue weighted by molar-refractivity contribution is 6.46. The topological polar surface area (TPSA) is 97.8 Å². The molecule has 38 heavy (non-hydrogen) atoms. The average Bonchev–Trinajstić information content (AvgIpc) is 3.20. The maximum absolute atomic E-state index is 13.4. The molecule has 1 saturated heterocycles. The molecule has 0 saturated carbocycles. The predicted molar refractivity (Wildman–Crippen MR) is 145 cm³/mol. The van der Waals surface area contributed by atoms with E-state index in [1.54, 1.807) is 36.4 Å². The Morgan fingerprint density at radius 3 is 2.18 bits per heavy atom. The Hall–Kier alpha value is -3.72. The molecular formula is C29H38N2O7. The van der Waals surface area contributed by atoms with Gasteiger partial charge in [-0.15, -0.1) is 0 Å². The third-order valence-electron chi connectivity index (χ3n) is 6.67. The lowest BCUT2D eigenvalue weighted by atomic mass is 9.94. The normalized spacial score (nSPS) is 16.7. The fourth-order valence-corrected chi connectivity index (χ4v) is 4.61. The zero-order chi connectivity index (χ0) is 27.8. The zero-order valence-corrected chi connectivity index (χ0v) is 23.1. The molecule has 1 N–H and O–H groups in total. The van der Waals surface area contributed by atoms with Crippen molar-refractivity contribution in [3.8, 4) is 23.0 Å². The highest BCUT2D eigenvalue weighted by atomic mass is 16.5. The summed E-state index contributed by atoms with van der Waals surface area (Å²) in [5.74, 6) is 0.0267. The van der Waals surface area contributed by atoms with E-state index in [-0.39, 0.29) is 11.3 Å². The Labute approximate surface area is 224 Å². The Morgan fingerprint density at radius 2 is 1.63 bits per heavy atom. The number of Topliss-reactive ketones (excluding diaryl/α,β-unsaturated/α-hetero) is 1. The Bertz CT molecular complexity index is 1150. The van der Waals surface area contributed by atoms with Gasteiger partial charge in [-0.25, -0.2) is 0 Å². The molecule has 1 aliphatic rings. The minimum Gasteiger partial charge on any atom is -0.507 e. The van der Waals surface area contributed by atoms with Gasteiger partial charge >= 0.3 is 0 Å². The molecule has 0 bridgehead atoms. The van der Waals surface area contributed by atoms with E-state index in [0.29, 0.717) is 53.8 Å². The van der Waals surface area contributed by atoms with Crippen molar-refractivity contribution < 1.29 is 33.6 Å². The lowest BCUT2D eigenvalue weighted by Crippen LogP contribution is -2.38. The van der Waals surface area contributed by atoms with Gasteiger partial charge in [0.15, 0.2) is 11.5 Å². The summed E-state index contributed by atoms with van der Waals surface area (Å²) in [5.41, 5.74) is 0.937. The Morgan fingerprint density at radius 1 is 0.974 bits per heavy atom. The first-order chi connectivity index (χ1) is 18.3. The van der Waals surface area contributed by atoms with Gasteiger partial charge in [0, 0.05) is 18.7 Å². The van der Waals surface area contributed by atoms with Crippen molar-refractivity contribution >= 4 is 17.4 Å². The molecule has 2 aromatic carbocycles. The summed E-state index contributed by atoms with van der Waals surface area (Å²) in [6.07, 6.45) is 0.828. The average molecular weight is 527 g/mol. The van der Waals surface area contributed by atoms with Gasteiger partial charge in [0.05, 0.1) is 39.6 Å². The van der Waals surface area contributed by atoms with Gasteiger partial charge in [-0.2, -0.15) is 0 Å². The number of methoxy groups -OCH3 is 3. The molecule has 1 unspecified atom stereocenters. The van der Waals surface area contributed by atoms with E-state index in [0.717, 1.165) is 19.5 Å². The SMILES string of the molecule is CCCOc1cccc(C(O)=C2C(=O)C(=O)N(CCN(CC)CC)C2c2cc(OC)c(OC)c(OC)c2)c1. The predicted octanol–water partition coefficient (Wildman–Crippen LogP) is 4.26. The Kier molecular flexibility index (Phi) is 10.0. The summed E-state index contributed by atoms with van der Waals surface area (Å²) in [7, 11) is 4.50. The number of rotatable bonds is 13. The van der Waals surface area contributed by atoms with Crippen molar-refractivity contribution in [2.24, 2.45) is 0 Å². The molecule has 1 fully saturated rings. The summed E-state index contributed by atoms with van der Waals surface area (Å²) in [5, 5.41) is 11.5. The first-order valence-electron chi connectivity index (χ1n) is 12.9. The minimum absolute atomic E-state index is 0.00328. The van der Waals surface area contributed by atoms with Crippen molar-refractivity contribution in [2.45, 2.75) is 33.2 Å². The second-order valence-electron chi connectivity index (χ2n) is 8.85. The molecule has 0 spiro atoms. The number of hydrogen-bond donors (Lipinski definition) is 1. The highest BCUT2D eigenvalue weighted by Gasteiger charge is 2.46. The second-order valence-corrected chi connectivity index (χ2v) is 8.85. The van der Waals surface area contributed by atoms with Crippen LogP contribution in [0.5, 0.6) is 23.0 Å². The van der Waals surface area contributed by atoms with E-state index in [2.05, 4.69) is 4.90 Å². The monoisotopic (exact) mass is 526 g/mol. The van der Waals surface area contributed by atoms with Crippen LogP contribution >= 0.6 is 0 Å². The standard InChI is InChI=1S/C29H38N2O7/c1-7-15-38-21-12-10-11-19(16-21)26(32)24-25(20-17-22(35-4)28(37-6)23(18-20)36-5)31(29(34)27(24)33)14-13-30(8-2)9-3/h10-12,16-18,25,32H,7-9,13-15H2,1-6H3. The van der Waals surface area contributed by atoms with Crippen molar-refractivity contribution in [1.29, 1.82) is 0 Å². The van der Waals surface area contributed by atoms with Gasteiger partial charge in [0.25, 0.3) is 11.7 Å². The van der Waals surface area contributed by atoms with E-state index >= 15 is 0 Å². The van der Waals surface area contributed by atoms with Gasteiger partial charge in [-0.05, 0) is 49.3 Å². The number of likely N-dealkylation sites (tertiary alicyclic amines) is 1.